The Labute approximate surface area is 127 Å². The van der Waals surface area contributed by atoms with Crippen molar-refractivity contribution in [2.24, 2.45) is 0 Å². The summed E-state index contributed by atoms with van der Waals surface area (Å²) in [6.45, 7) is 4.35. The van der Waals surface area contributed by atoms with Gasteiger partial charge in [0.1, 0.15) is 6.33 Å². The maximum absolute atomic E-state index is 3.96. The Morgan fingerprint density at radius 1 is 1.24 bits per heavy atom. The van der Waals surface area contributed by atoms with E-state index in [1.165, 1.54) is 9.75 Å². The third-order valence-corrected chi connectivity index (χ3v) is 4.74. The van der Waals surface area contributed by atoms with E-state index < -0.39 is 0 Å². The Balaban J connectivity index is 1.85. The van der Waals surface area contributed by atoms with E-state index in [9.17, 15) is 0 Å². The molecule has 0 saturated heterocycles. The van der Waals surface area contributed by atoms with Crippen molar-refractivity contribution in [3.63, 3.8) is 0 Å². The van der Waals surface area contributed by atoms with Crippen molar-refractivity contribution >= 4 is 17.0 Å². The second-order valence-electron chi connectivity index (χ2n) is 4.80. The molecule has 3 rings (SSSR count). The summed E-state index contributed by atoms with van der Waals surface area (Å²) in [4.78, 5) is 2.74. The average Bonchev–Trinajstić information content (AvgIpc) is 3.19. The monoisotopic (exact) mass is 299 g/mol. The van der Waals surface area contributed by atoms with Crippen LogP contribution < -0.4 is 5.32 Å². The highest BCUT2D eigenvalue weighted by atomic mass is 32.1. The minimum absolute atomic E-state index is 0.243. The molecule has 0 aliphatic carbocycles. The third-order valence-electron chi connectivity index (χ3n) is 3.33. The first-order chi connectivity index (χ1) is 10.3. The largest absolute Gasteiger partial charge is 0.376 e. The van der Waals surface area contributed by atoms with Crippen molar-refractivity contribution in [1.82, 2.24) is 20.2 Å². The number of nitrogens with zero attached hydrogens (tertiary/aromatic N) is 4. The Morgan fingerprint density at radius 3 is 2.81 bits per heavy atom. The first-order valence-electron chi connectivity index (χ1n) is 6.95. The fourth-order valence-corrected chi connectivity index (χ4v) is 3.14. The van der Waals surface area contributed by atoms with Crippen LogP contribution in [-0.4, -0.2) is 20.2 Å². The van der Waals surface area contributed by atoms with Crippen molar-refractivity contribution in [2.75, 3.05) is 5.32 Å². The van der Waals surface area contributed by atoms with Gasteiger partial charge in [-0.05, 0) is 48.0 Å². The molecule has 0 saturated carbocycles. The predicted molar refractivity (Wildman–Crippen MR) is 84.9 cm³/mol. The van der Waals surface area contributed by atoms with Gasteiger partial charge in [-0.1, -0.05) is 19.1 Å². The van der Waals surface area contributed by atoms with Crippen LogP contribution in [0.15, 0.2) is 42.7 Å². The number of para-hydroxylation sites is 2. The minimum Gasteiger partial charge on any atom is -0.376 e. The lowest BCUT2D eigenvalue weighted by Gasteiger charge is -2.16. The molecular formula is C15H17N5S. The van der Waals surface area contributed by atoms with Gasteiger partial charge >= 0.3 is 0 Å². The lowest BCUT2D eigenvalue weighted by Crippen LogP contribution is -2.08. The van der Waals surface area contributed by atoms with Crippen molar-refractivity contribution in [1.29, 1.82) is 0 Å². The van der Waals surface area contributed by atoms with Crippen molar-refractivity contribution in [2.45, 2.75) is 26.3 Å². The second-order valence-corrected chi connectivity index (χ2v) is 6.00. The lowest BCUT2D eigenvalue weighted by atomic mass is 10.2. The number of benzene rings is 1. The van der Waals surface area contributed by atoms with Gasteiger partial charge in [0.05, 0.1) is 17.4 Å². The molecule has 108 valence electrons. The molecule has 2 heterocycles. The molecular weight excluding hydrogens is 282 g/mol. The van der Waals surface area contributed by atoms with Crippen LogP contribution in [0.4, 0.5) is 5.69 Å². The first kappa shape index (κ1) is 13.8. The number of hydrogen-bond acceptors (Lipinski definition) is 5. The minimum atomic E-state index is 0.243. The molecule has 1 N–H and O–H groups in total. The summed E-state index contributed by atoms with van der Waals surface area (Å²) in [5.41, 5.74) is 1.96. The zero-order valence-corrected chi connectivity index (χ0v) is 12.8. The molecule has 3 aromatic rings. The third kappa shape index (κ3) is 2.95. The van der Waals surface area contributed by atoms with Gasteiger partial charge < -0.3 is 5.32 Å². The SMILES string of the molecule is CCc1ccc(C(C)Nc2ccccc2-n2cnnn2)s1. The van der Waals surface area contributed by atoms with Crippen LogP contribution in [0, 0.1) is 0 Å². The quantitative estimate of drug-likeness (QED) is 0.784. The van der Waals surface area contributed by atoms with Crippen molar-refractivity contribution < 1.29 is 0 Å². The van der Waals surface area contributed by atoms with Crippen LogP contribution in [0.3, 0.4) is 0 Å². The summed E-state index contributed by atoms with van der Waals surface area (Å²) in [5.74, 6) is 0. The molecule has 21 heavy (non-hydrogen) atoms. The number of tetrazole rings is 1. The Kier molecular flexibility index (Phi) is 3.96. The summed E-state index contributed by atoms with van der Waals surface area (Å²) in [6.07, 6.45) is 2.68. The van der Waals surface area contributed by atoms with Gasteiger partial charge in [-0.3, -0.25) is 0 Å². The van der Waals surface area contributed by atoms with Crippen LogP contribution in [0.1, 0.15) is 29.6 Å². The molecule has 0 aliphatic rings. The van der Waals surface area contributed by atoms with Gasteiger partial charge in [0.2, 0.25) is 0 Å². The molecule has 1 aromatic carbocycles. The standard InChI is InChI=1S/C15H17N5S/c1-3-12-8-9-15(21-12)11(2)17-13-6-4-5-7-14(13)20-10-16-18-19-20/h4-11,17H,3H2,1-2H3. The zero-order valence-electron chi connectivity index (χ0n) is 12.0. The number of hydrogen-bond donors (Lipinski definition) is 1. The number of thiophene rings is 1. The molecule has 0 spiro atoms. The van der Waals surface area contributed by atoms with Crippen LogP contribution in [0.2, 0.25) is 0 Å². The van der Waals surface area contributed by atoms with Crippen molar-refractivity contribution in [3.8, 4) is 5.69 Å². The van der Waals surface area contributed by atoms with Gasteiger partial charge in [-0.15, -0.1) is 16.4 Å². The highest BCUT2D eigenvalue weighted by molar-refractivity contribution is 7.12. The van der Waals surface area contributed by atoms with E-state index in [4.69, 9.17) is 0 Å². The molecule has 0 fully saturated rings. The lowest BCUT2D eigenvalue weighted by molar-refractivity contribution is 0.786. The summed E-state index contributed by atoms with van der Waals surface area (Å²) >= 11 is 1.85. The molecule has 6 heteroatoms. The number of rotatable bonds is 5. The molecule has 0 amide bonds. The fourth-order valence-electron chi connectivity index (χ4n) is 2.19. The fraction of sp³-hybridized carbons (Fsp3) is 0.267. The Bertz CT molecular complexity index is 704. The van der Waals surface area contributed by atoms with E-state index in [0.29, 0.717) is 0 Å². The number of nitrogens with one attached hydrogen (secondary N) is 1. The normalized spacial score (nSPS) is 12.3. The number of anilines is 1. The van der Waals surface area contributed by atoms with E-state index in [1.54, 1.807) is 11.0 Å². The Hall–Kier alpha value is -2.21. The average molecular weight is 299 g/mol. The number of aryl methyl sites for hydroxylation is 1. The topological polar surface area (TPSA) is 55.6 Å². The molecule has 0 aliphatic heterocycles. The Morgan fingerprint density at radius 2 is 2.10 bits per heavy atom. The second kappa shape index (κ2) is 6.05. The van der Waals surface area contributed by atoms with Crippen LogP contribution in [0.5, 0.6) is 0 Å². The maximum atomic E-state index is 3.96. The summed E-state index contributed by atoms with van der Waals surface area (Å²) < 4.78 is 1.67. The first-order valence-corrected chi connectivity index (χ1v) is 7.77. The molecule has 1 atom stereocenters. The van der Waals surface area contributed by atoms with Gasteiger partial charge in [-0.25, -0.2) is 0 Å². The van der Waals surface area contributed by atoms with Crippen LogP contribution in [-0.2, 0) is 6.42 Å². The summed E-state index contributed by atoms with van der Waals surface area (Å²) in [5, 5.41) is 14.9. The highest BCUT2D eigenvalue weighted by Crippen LogP contribution is 2.28. The van der Waals surface area contributed by atoms with Crippen molar-refractivity contribution in [3.05, 3.63) is 52.5 Å². The van der Waals surface area contributed by atoms with Crippen LogP contribution in [0.25, 0.3) is 5.69 Å². The summed E-state index contributed by atoms with van der Waals surface area (Å²) in [7, 11) is 0. The van der Waals surface area contributed by atoms with Gasteiger partial charge in [-0.2, -0.15) is 4.68 Å². The smallest absolute Gasteiger partial charge is 0.143 e. The van der Waals surface area contributed by atoms with E-state index in [-0.39, 0.29) is 6.04 Å². The van der Waals surface area contributed by atoms with E-state index >= 15 is 0 Å². The molecule has 0 radical (unpaired) electrons. The van der Waals surface area contributed by atoms with E-state index in [1.807, 2.05) is 35.6 Å². The van der Waals surface area contributed by atoms with Gasteiger partial charge in [0, 0.05) is 9.75 Å². The van der Waals surface area contributed by atoms with Crippen LogP contribution >= 0.6 is 11.3 Å². The zero-order chi connectivity index (χ0) is 14.7. The maximum Gasteiger partial charge on any atom is 0.143 e. The predicted octanol–water partition coefficient (Wildman–Crippen LogP) is 3.46. The molecule has 5 nitrogen and oxygen atoms in total. The van der Waals surface area contributed by atoms with E-state index in [0.717, 1.165) is 17.8 Å². The van der Waals surface area contributed by atoms with E-state index in [2.05, 4.69) is 46.8 Å². The summed E-state index contributed by atoms with van der Waals surface area (Å²) in [6, 6.07) is 12.7. The molecule has 1 unspecified atom stereocenters. The molecule has 0 bridgehead atoms. The number of aromatic nitrogens is 4. The van der Waals surface area contributed by atoms with Gasteiger partial charge in [0.15, 0.2) is 0 Å². The molecule has 2 aromatic heterocycles. The van der Waals surface area contributed by atoms with Gasteiger partial charge in [0.25, 0.3) is 0 Å². The highest BCUT2D eigenvalue weighted by Gasteiger charge is 2.11.